The number of anilines is 1. The average molecular weight is 392 g/mol. The molecular formula is C14H15Cl2N3O6. The fourth-order valence-electron chi connectivity index (χ4n) is 1.63. The zero-order valence-corrected chi connectivity index (χ0v) is 14.9. The molecule has 0 heterocycles. The molecule has 25 heavy (non-hydrogen) atoms. The first-order chi connectivity index (χ1) is 11.8. The van der Waals surface area contributed by atoms with Crippen molar-refractivity contribution in [3.63, 3.8) is 0 Å². The van der Waals surface area contributed by atoms with Crippen LogP contribution in [0.15, 0.2) is 17.2 Å². The number of esters is 2. The lowest BCUT2D eigenvalue weighted by Gasteiger charge is -2.08. The molecule has 0 aliphatic carbocycles. The molecule has 0 spiro atoms. The Hall–Kier alpha value is -2.39. The van der Waals surface area contributed by atoms with E-state index in [9.17, 15) is 19.7 Å². The van der Waals surface area contributed by atoms with E-state index in [1.54, 1.807) is 13.8 Å². The molecule has 1 aromatic rings. The summed E-state index contributed by atoms with van der Waals surface area (Å²) < 4.78 is 9.54. The van der Waals surface area contributed by atoms with Crippen molar-refractivity contribution in [2.24, 2.45) is 5.10 Å². The van der Waals surface area contributed by atoms with E-state index in [0.717, 1.165) is 6.07 Å². The second-order valence-corrected chi connectivity index (χ2v) is 5.23. The number of nitro benzene ring substituents is 1. The Balaban J connectivity index is 3.14. The average Bonchev–Trinajstić information content (AvgIpc) is 2.54. The summed E-state index contributed by atoms with van der Waals surface area (Å²) in [7, 11) is 0. The van der Waals surface area contributed by atoms with Gasteiger partial charge in [-0.1, -0.05) is 23.2 Å². The summed E-state index contributed by atoms with van der Waals surface area (Å²) in [5.41, 5.74) is 1.53. The van der Waals surface area contributed by atoms with Crippen LogP contribution in [0, 0.1) is 10.1 Å². The van der Waals surface area contributed by atoms with E-state index in [2.05, 4.69) is 10.5 Å². The van der Waals surface area contributed by atoms with Crippen LogP contribution in [0.25, 0.3) is 0 Å². The third-order valence-corrected chi connectivity index (χ3v) is 3.40. The number of nitrogens with one attached hydrogen (secondary N) is 1. The number of hydrogen-bond donors (Lipinski definition) is 1. The third-order valence-electron chi connectivity index (χ3n) is 2.67. The number of hydrogen-bond acceptors (Lipinski definition) is 8. The number of hydrazone groups is 1. The maximum atomic E-state index is 11.9. The number of rotatable bonds is 8. The Morgan fingerprint density at radius 2 is 1.80 bits per heavy atom. The number of carbonyl (C=O) groups excluding carboxylic acids is 2. The van der Waals surface area contributed by atoms with Crippen LogP contribution in [0.2, 0.25) is 10.0 Å². The highest BCUT2D eigenvalue weighted by atomic mass is 35.5. The van der Waals surface area contributed by atoms with Gasteiger partial charge in [0.25, 0.3) is 5.69 Å². The molecule has 0 aliphatic heterocycles. The van der Waals surface area contributed by atoms with Crippen molar-refractivity contribution in [1.29, 1.82) is 0 Å². The Bertz CT molecular complexity index is 708. The van der Waals surface area contributed by atoms with Crippen molar-refractivity contribution in [3.8, 4) is 0 Å². The van der Waals surface area contributed by atoms with Gasteiger partial charge in [0.1, 0.15) is 5.69 Å². The van der Waals surface area contributed by atoms with Gasteiger partial charge in [-0.25, -0.2) is 4.79 Å². The zero-order chi connectivity index (χ0) is 19.0. The summed E-state index contributed by atoms with van der Waals surface area (Å²) >= 11 is 11.6. The third kappa shape index (κ3) is 6.20. The molecule has 0 amide bonds. The number of benzene rings is 1. The zero-order valence-electron chi connectivity index (χ0n) is 13.4. The fraction of sp³-hybridized carbons (Fsp3) is 0.357. The second-order valence-electron chi connectivity index (χ2n) is 4.41. The summed E-state index contributed by atoms with van der Waals surface area (Å²) in [6.07, 6.45) is -0.463. The lowest BCUT2D eigenvalue weighted by molar-refractivity contribution is -0.383. The van der Waals surface area contributed by atoms with E-state index in [1.165, 1.54) is 6.07 Å². The molecule has 136 valence electrons. The molecule has 0 unspecified atom stereocenters. The van der Waals surface area contributed by atoms with Gasteiger partial charge in [0.05, 0.1) is 34.6 Å². The van der Waals surface area contributed by atoms with Gasteiger partial charge in [0.2, 0.25) is 0 Å². The summed E-state index contributed by atoms with van der Waals surface area (Å²) in [6, 6.07) is 2.22. The van der Waals surface area contributed by atoms with Gasteiger partial charge in [0.15, 0.2) is 5.71 Å². The number of carbonyl (C=O) groups is 2. The van der Waals surface area contributed by atoms with Crippen LogP contribution in [-0.4, -0.2) is 35.8 Å². The number of nitro groups is 1. The Kier molecular flexibility index (Phi) is 8.09. The Labute approximate surface area is 153 Å². The van der Waals surface area contributed by atoms with E-state index in [4.69, 9.17) is 32.7 Å². The molecular weight excluding hydrogens is 377 g/mol. The van der Waals surface area contributed by atoms with E-state index in [1.807, 2.05) is 0 Å². The first-order valence-corrected chi connectivity index (χ1v) is 7.84. The first kappa shape index (κ1) is 20.7. The smallest absolute Gasteiger partial charge is 0.355 e. The minimum absolute atomic E-state index is 0.0139. The van der Waals surface area contributed by atoms with Crippen molar-refractivity contribution in [2.75, 3.05) is 18.6 Å². The number of ether oxygens (including phenoxy) is 2. The summed E-state index contributed by atoms with van der Waals surface area (Å²) in [4.78, 5) is 33.8. The van der Waals surface area contributed by atoms with Gasteiger partial charge in [-0.3, -0.25) is 20.3 Å². The van der Waals surface area contributed by atoms with Crippen LogP contribution in [0.5, 0.6) is 0 Å². The molecule has 0 saturated carbocycles. The second kappa shape index (κ2) is 9.80. The van der Waals surface area contributed by atoms with Crippen LogP contribution < -0.4 is 5.43 Å². The SMILES string of the molecule is CCOC(=O)C/C(=N/Nc1cc(Cl)c(Cl)cc1[N+](=O)[O-])C(=O)OCC. The van der Waals surface area contributed by atoms with Crippen molar-refractivity contribution >= 4 is 52.2 Å². The normalized spacial score (nSPS) is 11.0. The van der Waals surface area contributed by atoms with E-state index in [-0.39, 0.29) is 34.7 Å². The van der Waals surface area contributed by atoms with Gasteiger partial charge in [-0.2, -0.15) is 5.10 Å². The van der Waals surface area contributed by atoms with Crippen molar-refractivity contribution in [1.82, 2.24) is 0 Å². The minimum Gasteiger partial charge on any atom is -0.466 e. The molecule has 0 bridgehead atoms. The summed E-state index contributed by atoms with van der Waals surface area (Å²) in [5.74, 6) is -1.55. The highest BCUT2D eigenvalue weighted by molar-refractivity contribution is 6.42. The van der Waals surface area contributed by atoms with Crippen LogP contribution >= 0.6 is 23.2 Å². The monoisotopic (exact) mass is 391 g/mol. The van der Waals surface area contributed by atoms with Crippen molar-refractivity contribution in [2.45, 2.75) is 20.3 Å². The van der Waals surface area contributed by atoms with Crippen LogP contribution in [0.3, 0.4) is 0 Å². The predicted molar refractivity (Wildman–Crippen MR) is 92.1 cm³/mol. The highest BCUT2D eigenvalue weighted by Crippen LogP contribution is 2.33. The maximum Gasteiger partial charge on any atom is 0.355 e. The molecule has 0 radical (unpaired) electrons. The topological polar surface area (TPSA) is 120 Å². The molecule has 0 aliphatic rings. The molecule has 1 aromatic carbocycles. The van der Waals surface area contributed by atoms with Crippen LogP contribution in [-0.2, 0) is 19.1 Å². The Morgan fingerprint density at radius 3 is 2.36 bits per heavy atom. The molecule has 0 saturated heterocycles. The predicted octanol–water partition coefficient (Wildman–Crippen LogP) is 3.19. The van der Waals surface area contributed by atoms with Gasteiger partial charge >= 0.3 is 11.9 Å². The molecule has 0 aromatic heterocycles. The molecule has 1 N–H and O–H groups in total. The lowest BCUT2D eigenvalue weighted by atomic mass is 10.2. The highest BCUT2D eigenvalue weighted by Gasteiger charge is 2.21. The number of nitrogens with zero attached hydrogens (tertiary/aromatic N) is 2. The Morgan fingerprint density at radius 1 is 1.20 bits per heavy atom. The van der Waals surface area contributed by atoms with Crippen LogP contribution in [0.1, 0.15) is 20.3 Å². The molecule has 1 rings (SSSR count). The van der Waals surface area contributed by atoms with E-state index in [0.29, 0.717) is 0 Å². The maximum absolute atomic E-state index is 11.9. The standard InChI is InChI=1S/C14H15Cl2N3O6/c1-3-24-13(20)7-11(14(21)25-4-2)18-17-10-5-8(15)9(16)6-12(10)19(22)23/h5-6,17H,3-4,7H2,1-2H3/b18-11-. The quantitative estimate of drug-likeness (QED) is 0.312. The van der Waals surface area contributed by atoms with E-state index < -0.39 is 29.0 Å². The lowest BCUT2D eigenvalue weighted by Crippen LogP contribution is -2.23. The summed E-state index contributed by atoms with van der Waals surface area (Å²) in [5, 5.41) is 14.8. The van der Waals surface area contributed by atoms with Gasteiger partial charge < -0.3 is 9.47 Å². The molecule has 9 nitrogen and oxygen atoms in total. The first-order valence-electron chi connectivity index (χ1n) is 7.08. The van der Waals surface area contributed by atoms with Gasteiger partial charge in [-0.15, -0.1) is 0 Å². The molecule has 11 heteroatoms. The molecule has 0 atom stereocenters. The summed E-state index contributed by atoms with van der Waals surface area (Å²) in [6.45, 7) is 3.38. The largest absolute Gasteiger partial charge is 0.466 e. The van der Waals surface area contributed by atoms with Gasteiger partial charge in [-0.05, 0) is 19.9 Å². The number of halogens is 2. The fourth-order valence-corrected chi connectivity index (χ4v) is 1.95. The van der Waals surface area contributed by atoms with Crippen LogP contribution in [0.4, 0.5) is 11.4 Å². The van der Waals surface area contributed by atoms with Crippen molar-refractivity contribution < 1.29 is 24.0 Å². The minimum atomic E-state index is -0.856. The molecule has 0 fully saturated rings. The van der Waals surface area contributed by atoms with Gasteiger partial charge in [0, 0.05) is 6.07 Å². The van der Waals surface area contributed by atoms with Crippen molar-refractivity contribution in [3.05, 3.63) is 32.3 Å². The van der Waals surface area contributed by atoms with E-state index >= 15 is 0 Å².